The lowest BCUT2D eigenvalue weighted by atomic mass is 10.2. The topological polar surface area (TPSA) is 53.4 Å². The standard InChI is InChI=1S/C13H17ClN2O2/c1-2-3-6-16(9-4-5-9)12-7-10(13(17)18)11(14)8-15-12/h7-9H,2-6H2,1H3,(H,17,18). The number of carbonyl (C=O) groups is 1. The number of carboxylic acids is 1. The van der Waals surface area contributed by atoms with E-state index in [1.54, 1.807) is 6.07 Å². The maximum absolute atomic E-state index is 11.1. The van der Waals surface area contributed by atoms with Crippen molar-refractivity contribution in [3.63, 3.8) is 0 Å². The monoisotopic (exact) mass is 268 g/mol. The Morgan fingerprint density at radius 3 is 2.89 bits per heavy atom. The van der Waals surface area contributed by atoms with Crippen LogP contribution in [-0.2, 0) is 0 Å². The van der Waals surface area contributed by atoms with Gasteiger partial charge >= 0.3 is 5.97 Å². The summed E-state index contributed by atoms with van der Waals surface area (Å²) in [7, 11) is 0. The normalized spacial score (nSPS) is 14.6. The Morgan fingerprint density at radius 1 is 1.61 bits per heavy atom. The summed E-state index contributed by atoms with van der Waals surface area (Å²) in [5.74, 6) is -0.275. The Morgan fingerprint density at radius 2 is 2.33 bits per heavy atom. The van der Waals surface area contributed by atoms with Crippen molar-refractivity contribution in [3.8, 4) is 0 Å². The molecule has 1 saturated carbocycles. The van der Waals surface area contributed by atoms with Crippen LogP contribution in [0, 0.1) is 0 Å². The molecule has 1 aliphatic rings. The van der Waals surface area contributed by atoms with E-state index in [1.807, 2.05) is 0 Å². The second kappa shape index (κ2) is 5.57. The summed E-state index contributed by atoms with van der Waals surface area (Å²) in [6.45, 7) is 3.07. The molecule has 4 nitrogen and oxygen atoms in total. The minimum Gasteiger partial charge on any atom is -0.478 e. The van der Waals surface area contributed by atoms with E-state index in [1.165, 1.54) is 6.20 Å². The first kappa shape index (κ1) is 13.1. The number of carboxylic acid groups (broad SMARTS) is 1. The Bertz CT molecular complexity index is 447. The molecule has 98 valence electrons. The fraction of sp³-hybridized carbons (Fsp3) is 0.538. The first-order valence-corrected chi connectivity index (χ1v) is 6.66. The van der Waals surface area contributed by atoms with E-state index >= 15 is 0 Å². The average Bonchev–Trinajstić information content (AvgIpc) is 3.15. The lowest BCUT2D eigenvalue weighted by Crippen LogP contribution is -2.28. The average molecular weight is 269 g/mol. The lowest BCUT2D eigenvalue weighted by molar-refractivity contribution is 0.0697. The second-order valence-electron chi connectivity index (χ2n) is 4.61. The van der Waals surface area contributed by atoms with Gasteiger partial charge in [-0.05, 0) is 25.3 Å². The van der Waals surface area contributed by atoms with Crippen molar-refractivity contribution in [2.24, 2.45) is 0 Å². The second-order valence-corrected chi connectivity index (χ2v) is 5.01. The van der Waals surface area contributed by atoms with Gasteiger partial charge < -0.3 is 10.0 Å². The number of rotatable bonds is 6. The third-order valence-corrected chi connectivity index (χ3v) is 3.41. The van der Waals surface area contributed by atoms with Gasteiger partial charge in [-0.3, -0.25) is 0 Å². The van der Waals surface area contributed by atoms with Gasteiger partial charge in [0.2, 0.25) is 0 Å². The van der Waals surface area contributed by atoms with Gasteiger partial charge in [0.1, 0.15) is 5.82 Å². The zero-order chi connectivity index (χ0) is 13.1. The van der Waals surface area contributed by atoms with E-state index in [0.717, 1.165) is 38.0 Å². The number of aromatic nitrogens is 1. The van der Waals surface area contributed by atoms with E-state index in [-0.39, 0.29) is 10.6 Å². The third kappa shape index (κ3) is 2.93. The van der Waals surface area contributed by atoms with Crippen molar-refractivity contribution in [2.75, 3.05) is 11.4 Å². The van der Waals surface area contributed by atoms with Crippen LogP contribution in [-0.4, -0.2) is 28.6 Å². The molecule has 5 heteroatoms. The fourth-order valence-corrected chi connectivity index (χ4v) is 2.13. The van der Waals surface area contributed by atoms with Crippen LogP contribution in [0.3, 0.4) is 0 Å². The van der Waals surface area contributed by atoms with Crippen molar-refractivity contribution < 1.29 is 9.90 Å². The number of hydrogen-bond acceptors (Lipinski definition) is 3. The van der Waals surface area contributed by atoms with Crippen LogP contribution in [0.15, 0.2) is 12.3 Å². The van der Waals surface area contributed by atoms with Crippen LogP contribution in [0.1, 0.15) is 43.0 Å². The Kier molecular flexibility index (Phi) is 4.07. The van der Waals surface area contributed by atoms with Crippen LogP contribution in [0.5, 0.6) is 0 Å². The maximum Gasteiger partial charge on any atom is 0.337 e. The molecule has 0 spiro atoms. The molecule has 0 unspecified atom stereocenters. The van der Waals surface area contributed by atoms with Crippen molar-refractivity contribution in [2.45, 2.75) is 38.6 Å². The van der Waals surface area contributed by atoms with Gasteiger partial charge in [-0.1, -0.05) is 24.9 Å². The van der Waals surface area contributed by atoms with Crippen molar-refractivity contribution in [3.05, 3.63) is 22.8 Å². The molecule has 0 radical (unpaired) electrons. The van der Waals surface area contributed by atoms with E-state index < -0.39 is 5.97 Å². The first-order chi connectivity index (χ1) is 8.63. The highest BCUT2D eigenvalue weighted by atomic mass is 35.5. The highest BCUT2D eigenvalue weighted by Gasteiger charge is 2.30. The van der Waals surface area contributed by atoms with Gasteiger partial charge in [-0.15, -0.1) is 0 Å². The molecule has 1 aliphatic carbocycles. The van der Waals surface area contributed by atoms with Gasteiger partial charge in [0.25, 0.3) is 0 Å². The molecule has 0 aromatic carbocycles. The van der Waals surface area contributed by atoms with Crippen LogP contribution < -0.4 is 4.90 Å². The van der Waals surface area contributed by atoms with E-state index in [0.29, 0.717) is 6.04 Å². The molecule has 1 heterocycles. The molecule has 0 bridgehead atoms. The Labute approximate surface area is 112 Å². The zero-order valence-corrected chi connectivity index (χ0v) is 11.2. The van der Waals surface area contributed by atoms with Gasteiger partial charge in [-0.25, -0.2) is 9.78 Å². The number of hydrogen-bond donors (Lipinski definition) is 1. The number of halogens is 1. The molecule has 0 saturated heterocycles. The molecular weight excluding hydrogens is 252 g/mol. The van der Waals surface area contributed by atoms with Crippen molar-refractivity contribution in [1.82, 2.24) is 4.98 Å². The van der Waals surface area contributed by atoms with Crippen LogP contribution in [0.25, 0.3) is 0 Å². The summed E-state index contributed by atoms with van der Waals surface area (Å²) < 4.78 is 0. The molecule has 1 N–H and O–H groups in total. The van der Waals surface area contributed by atoms with E-state index in [4.69, 9.17) is 16.7 Å². The summed E-state index contributed by atoms with van der Waals surface area (Å²) in [6, 6.07) is 2.10. The minimum absolute atomic E-state index is 0.129. The molecule has 2 rings (SSSR count). The van der Waals surface area contributed by atoms with Crippen LogP contribution in [0.2, 0.25) is 5.02 Å². The first-order valence-electron chi connectivity index (χ1n) is 6.29. The summed E-state index contributed by atoms with van der Waals surface area (Å²) in [6.07, 6.45) is 5.96. The highest BCUT2D eigenvalue weighted by molar-refractivity contribution is 6.33. The maximum atomic E-state index is 11.1. The number of aromatic carboxylic acids is 1. The quantitative estimate of drug-likeness (QED) is 0.861. The number of unbranched alkanes of at least 4 members (excludes halogenated alkanes) is 1. The molecule has 0 aliphatic heterocycles. The van der Waals surface area contributed by atoms with Gasteiger partial charge in [0.05, 0.1) is 10.6 Å². The SMILES string of the molecule is CCCCN(c1cc(C(=O)O)c(Cl)cn1)C1CC1. The number of anilines is 1. The highest BCUT2D eigenvalue weighted by Crippen LogP contribution is 2.32. The zero-order valence-electron chi connectivity index (χ0n) is 10.4. The molecule has 18 heavy (non-hydrogen) atoms. The molecule has 0 amide bonds. The predicted molar refractivity (Wildman–Crippen MR) is 71.5 cm³/mol. The largest absolute Gasteiger partial charge is 0.478 e. The molecule has 1 fully saturated rings. The van der Waals surface area contributed by atoms with Crippen molar-refractivity contribution >= 4 is 23.4 Å². The van der Waals surface area contributed by atoms with E-state index in [2.05, 4.69) is 16.8 Å². The van der Waals surface area contributed by atoms with E-state index in [9.17, 15) is 4.79 Å². The van der Waals surface area contributed by atoms with Gasteiger partial charge in [0, 0.05) is 18.8 Å². The minimum atomic E-state index is -1.00. The molecule has 1 aromatic rings. The van der Waals surface area contributed by atoms with Crippen LogP contribution in [0.4, 0.5) is 5.82 Å². The third-order valence-electron chi connectivity index (χ3n) is 3.11. The van der Waals surface area contributed by atoms with Gasteiger partial charge in [0.15, 0.2) is 0 Å². The summed E-state index contributed by atoms with van der Waals surface area (Å²) in [5.41, 5.74) is 0.129. The molecule has 1 aromatic heterocycles. The summed E-state index contributed by atoms with van der Waals surface area (Å²) >= 11 is 5.83. The lowest BCUT2D eigenvalue weighted by Gasteiger charge is -2.23. The fourth-order valence-electron chi connectivity index (χ4n) is 1.95. The van der Waals surface area contributed by atoms with Crippen LogP contribution >= 0.6 is 11.6 Å². The summed E-state index contributed by atoms with van der Waals surface area (Å²) in [5, 5.41) is 9.26. The van der Waals surface area contributed by atoms with Gasteiger partial charge in [-0.2, -0.15) is 0 Å². The predicted octanol–water partition coefficient (Wildman–Crippen LogP) is 3.20. The smallest absolute Gasteiger partial charge is 0.337 e. The summed E-state index contributed by atoms with van der Waals surface area (Å²) in [4.78, 5) is 17.5. The Hall–Kier alpha value is -1.29. The number of pyridine rings is 1. The van der Waals surface area contributed by atoms with Crippen molar-refractivity contribution in [1.29, 1.82) is 0 Å². The Balaban J connectivity index is 2.24. The number of nitrogens with zero attached hydrogens (tertiary/aromatic N) is 2. The molecule has 0 atom stereocenters. The molecular formula is C13H17ClN2O2.